The van der Waals surface area contributed by atoms with Crippen molar-refractivity contribution in [1.29, 1.82) is 0 Å². The molecule has 1 aromatic heterocycles. The fourth-order valence-electron chi connectivity index (χ4n) is 3.16. The fourth-order valence-corrected chi connectivity index (χ4v) is 3.16. The monoisotopic (exact) mass is 379 g/mol. The highest BCUT2D eigenvalue weighted by atomic mass is 35.5. The highest BCUT2D eigenvalue weighted by molar-refractivity contribution is 6.02. The molecule has 1 aliphatic heterocycles. The summed E-state index contributed by atoms with van der Waals surface area (Å²) in [5.74, 6) is -0.178. The second-order valence-electron chi connectivity index (χ2n) is 6.45. The van der Waals surface area contributed by atoms with Gasteiger partial charge in [-0.05, 0) is 44.5 Å². The van der Waals surface area contributed by atoms with Crippen LogP contribution in [0.15, 0.2) is 33.5 Å². The van der Waals surface area contributed by atoms with Gasteiger partial charge in [-0.2, -0.15) is 0 Å². The minimum Gasteiger partial charge on any atom is -0.421 e. The maximum absolute atomic E-state index is 12.4. The second-order valence-corrected chi connectivity index (χ2v) is 6.45. The number of nitrogens with one attached hydrogen (secondary N) is 2. The van der Waals surface area contributed by atoms with E-state index >= 15 is 0 Å². The number of benzene rings is 1. The lowest BCUT2D eigenvalue weighted by atomic mass is 10.1. The molecule has 1 amide bonds. The molecule has 3 rings (SSSR count). The van der Waals surface area contributed by atoms with Crippen LogP contribution in [-0.2, 0) is 4.79 Å². The molecule has 1 aliphatic rings. The van der Waals surface area contributed by atoms with E-state index in [9.17, 15) is 9.59 Å². The van der Waals surface area contributed by atoms with Gasteiger partial charge in [-0.1, -0.05) is 25.5 Å². The summed E-state index contributed by atoms with van der Waals surface area (Å²) in [7, 11) is 0. The lowest BCUT2D eigenvalue weighted by Crippen LogP contribution is -2.32. The first-order valence-corrected chi connectivity index (χ1v) is 9.01. The number of para-hydroxylation sites is 1. The zero-order valence-corrected chi connectivity index (χ0v) is 15.9. The number of hydrogen-bond donors (Lipinski definition) is 2. The Bertz CT molecular complexity index is 800. The first-order valence-electron chi connectivity index (χ1n) is 9.01. The molecule has 2 aromatic rings. The third kappa shape index (κ3) is 4.77. The summed E-state index contributed by atoms with van der Waals surface area (Å²) in [4.78, 5) is 26.9. The van der Waals surface area contributed by atoms with Crippen molar-refractivity contribution in [2.24, 2.45) is 0 Å². The number of unbranched alkanes of at least 4 members (excludes halogenated alkanes) is 1. The number of hydrogen-bond acceptors (Lipinski definition) is 5. The van der Waals surface area contributed by atoms with Crippen molar-refractivity contribution in [3.8, 4) is 0 Å². The Kier molecular flexibility index (Phi) is 7.48. The number of likely N-dealkylation sites (tertiary alicyclic amines) is 1. The average molecular weight is 380 g/mol. The van der Waals surface area contributed by atoms with E-state index in [4.69, 9.17) is 4.42 Å². The topological polar surface area (TPSA) is 74.6 Å². The van der Waals surface area contributed by atoms with Gasteiger partial charge in [0.15, 0.2) is 5.69 Å². The lowest BCUT2D eigenvalue weighted by molar-refractivity contribution is -0.117. The molecule has 0 bridgehead atoms. The third-order valence-corrected chi connectivity index (χ3v) is 4.48. The van der Waals surface area contributed by atoms with E-state index in [0.29, 0.717) is 17.8 Å². The zero-order chi connectivity index (χ0) is 17.6. The Morgan fingerprint density at radius 2 is 1.92 bits per heavy atom. The first kappa shape index (κ1) is 20.3. The predicted octanol–water partition coefficient (Wildman–Crippen LogP) is 3.46. The van der Waals surface area contributed by atoms with E-state index < -0.39 is 5.63 Å². The lowest BCUT2D eigenvalue weighted by Gasteiger charge is -2.17. The molecule has 1 saturated heterocycles. The molecule has 0 spiro atoms. The first-order chi connectivity index (χ1) is 12.2. The van der Waals surface area contributed by atoms with Crippen molar-refractivity contribution in [2.45, 2.75) is 32.6 Å². The average Bonchev–Trinajstić information content (AvgIpc) is 3.10. The molecular formula is C19H26ClN3O3. The van der Waals surface area contributed by atoms with Gasteiger partial charge in [-0.3, -0.25) is 9.69 Å². The highest BCUT2D eigenvalue weighted by Gasteiger charge is 2.19. The Morgan fingerprint density at radius 1 is 1.19 bits per heavy atom. The Morgan fingerprint density at radius 3 is 2.65 bits per heavy atom. The molecule has 0 unspecified atom stereocenters. The summed E-state index contributed by atoms with van der Waals surface area (Å²) in [5.41, 5.74) is 0.852. The molecule has 142 valence electrons. The number of carbonyl (C=O) groups excluding carboxylic acids is 1. The molecule has 26 heavy (non-hydrogen) atoms. The second kappa shape index (κ2) is 9.59. The molecule has 1 aromatic carbocycles. The fraction of sp³-hybridized carbons (Fsp3) is 0.474. The minimum atomic E-state index is -0.521. The van der Waals surface area contributed by atoms with E-state index in [1.54, 1.807) is 6.07 Å². The van der Waals surface area contributed by atoms with Crippen LogP contribution in [0.3, 0.4) is 0 Å². The standard InChI is InChI=1S/C19H25N3O3.ClH/c1-2-3-10-20-17-14-8-4-5-9-15(14)25-19(24)18(17)21-16(23)13-22-11-6-7-12-22;/h4-5,8-9,20H,2-3,6-7,10-13H2,1H3,(H,21,23);1H. The summed E-state index contributed by atoms with van der Waals surface area (Å²) >= 11 is 0. The van der Waals surface area contributed by atoms with Crippen LogP contribution in [0, 0.1) is 0 Å². The number of fused-ring (bicyclic) bond motifs is 1. The molecule has 2 heterocycles. The van der Waals surface area contributed by atoms with Crippen LogP contribution in [0.25, 0.3) is 11.0 Å². The molecule has 0 aliphatic carbocycles. The molecule has 2 N–H and O–H groups in total. The summed E-state index contributed by atoms with van der Waals surface area (Å²) < 4.78 is 5.39. The van der Waals surface area contributed by atoms with Crippen LogP contribution in [0.1, 0.15) is 32.6 Å². The van der Waals surface area contributed by atoms with Crippen LogP contribution in [0.4, 0.5) is 11.4 Å². The molecule has 0 radical (unpaired) electrons. The number of carbonyl (C=O) groups is 1. The number of halogens is 1. The van der Waals surface area contributed by atoms with Gasteiger partial charge in [-0.25, -0.2) is 4.79 Å². The van der Waals surface area contributed by atoms with E-state index in [-0.39, 0.29) is 24.0 Å². The van der Waals surface area contributed by atoms with Crippen LogP contribution < -0.4 is 16.3 Å². The zero-order valence-electron chi connectivity index (χ0n) is 15.0. The van der Waals surface area contributed by atoms with E-state index in [1.807, 2.05) is 18.2 Å². The maximum Gasteiger partial charge on any atom is 0.362 e. The van der Waals surface area contributed by atoms with Crippen molar-refractivity contribution in [3.05, 3.63) is 34.7 Å². The highest BCUT2D eigenvalue weighted by Crippen LogP contribution is 2.28. The van der Waals surface area contributed by atoms with Gasteiger partial charge >= 0.3 is 5.63 Å². The molecule has 7 heteroatoms. The van der Waals surface area contributed by atoms with Crippen molar-refractivity contribution in [3.63, 3.8) is 0 Å². The number of nitrogens with zero attached hydrogens (tertiary/aromatic N) is 1. The Labute approximate surface area is 159 Å². The van der Waals surface area contributed by atoms with Crippen LogP contribution >= 0.6 is 12.4 Å². The molecule has 0 saturated carbocycles. The number of anilines is 2. The Balaban J connectivity index is 0.00000243. The molecule has 0 atom stereocenters. The van der Waals surface area contributed by atoms with Gasteiger partial charge in [0, 0.05) is 11.9 Å². The SMILES string of the molecule is CCCCNc1c(NC(=O)CN2CCCC2)c(=O)oc2ccccc12.Cl. The van der Waals surface area contributed by atoms with Gasteiger partial charge in [-0.15, -0.1) is 12.4 Å². The maximum atomic E-state index is 12.4. The van der Waals surface area contributed by atoms with Crippen molar-refractivity contribution < 1.29 is 9.21 Å². The van der Waals surface area contributed by atoms with Crippen molar-refractivity contribution in [2.75, 3.05) is 36.8 Å². The third-order valence-electron chi connectivity index (χ3n) is 4.48. The minimum absolute atomic E-state index is 0. The molecule has 1 fully saturated rings. The van der Waals surface area contributed by atoms with E-state index in [1.165, 1.54) is 0 Å². The van der Waals surface area contributed by atoms with Gasteiger partial charge < -0.3 is 15.1 Å². The molecular weight excluding hydrogens is 354 g/mol. The van der Waals surface area contributed by atoms with Crippen LogP contribution in [0.5, 0.6) is 0 Å². The summed E-state index contributed by atoms with van der Waals surface area (Å²) in [6, 6.07) is 7.37. The van der Waals surface area contributed by atoms with E-state index in [0.717, 1.165) is 50.7 Å². The number of rotatable bonds is 7. The summed E-state index contributed by atoms with van der Waals surface area (Å²) in [5, 5.41) is 6.88. The summed E-state index contributed by atoms with van der Waals surface area (Å²) in [6.07, 6.45) is 4.27. The molecule has 6 nitrogen and oxygen atoms in total. The van der Waals surface area contributed by atoms with E-state index in [2.05, 4.69) is 22.5 Å². The largest absolute Gasteiger partial charge is 0.421 e. The quantitative estimate of drug-likeness (QED) is 0.569. The summed E-state index contributed by atoms with van der Waals surface area (Å²) in [6.45, 7) is 5.01. The predicted molar refractivity (Wildman–Crippen MR) is 107 cm³/mol. The van der Waals surface area contributed by atoms with Crippen molar-refractivity contribution >= 4 is 40.7 Å². The van der Waals surface area contributed by atoms with Gasteiger partial charge in [0.25, 0.3) is 0 Å². The Hall–Kier alpha value is -2.05. The van der Waals surface area contributed by atoms with Crippen LogP contribution in [-0.4, -0.2) is 37.0 Å². The van der Waals surface area contributed by atoms with Gasteiger partial charge in [0.05, 0.1) is 12.2 Å². The van der Waals surface area contributed by atoms with Crippen molar-refractivity contribution in [1.82, 2.24) is 4.90 Å². The van der Waals surface area contributed by atoms with Crippen LogP contribution in [0.2, 0.25) is 0 Å². The number of amides is 1. The normalized spacial score (nSPS) is 14.2. The van der Waals surface area contributed by atoms with Gasteiger partial charge in [0.1, 0.15) is 5.58 Å². The van der Waals surface area contributed by atoms with Gasteiger partial charge in [0.2, 0.25) is 5.91 Å². The smallest absolute Gasteiger partial charge is 0.362 e.